The topological polar surface area (TPSA) is 47.9 Å². The van der Waals surface area contributed by atoms with Crippen LogP contribution in [0.5, 0.6) is 5.75 Å². The normalized spacial score (nSPS) is 11.1. The molecule has 0 aliphatic carbocycles. The Hall–Kier alpha value is -3.31. The molecule has 0 amide bonds. The van der Waals surface area contributed by atoms with Crippen molar-refractivity contribution in [1.29, 1.82) is 0 Å². The molecule has 0 saturated carbocycles. The summed E-state index contributed by atoms with van der Waals surface area (Å²) in [7, 11) is 1.67. The van der Waals surface area contributed by atoms with Crippen LogP contribution in [0.3, 0.4) is 0 Å². The Bertz CT molecular complexity index is 1250. The second-order valence-electron chi connectivity index (χ2n) is 6.16. The van der Waals surface area contributed by atoms with Crippen LogP contribution in [0.2, 0.25) is 0 Å². The van der Waals surface area contributed by atoms with Gasteiger partial charge in [-0.1, -0.05) is 41.7 Å². The van der Waals surface area contributed by atoms with E-state index >= 15 is 0 Å². The molecule has 0 atom stereocenters. The number of thiazole rings is 1. The van der Waals surface area contributed by atoms with Crippen molar-refractivity contribution in [3.8, 4) is 27.6 Å². The van der Waals surface area contributed by atoms with Gasteiger partial charge in [0.2, 0.25) is 0 Å². The van der Waals surface area contributed by atoms with Gasteiger partial charge in [-0.25, -0.2) is 15.0 Å². The number of ether oxygens (including phenoxy) is 1. The van der Waals surface area contributed by atoms with Gasteiger partial charge in [0.25, 0.3) is 0 Å². The first-order valence-corrected chi connectivity index (χ1v) is 9.39. The standard InChI is InChI=1S/C22H15N3OS/c1-26-17-10-7-14(8-11-17)18-12-9-16-13-23-22-20(19(16)24-18)25-21(27-22)15-5-3-2-4-6-15/h2-13H,1H3. The summed E-state index contributed by atoms with van der Waals surface area (Å²) in [6.45, 7) is 0. The summed E-state index contributed by atoms with van der Waals surface area (Å²) < 4.78 is 5.24. The lowest BCUT2D eigenvalue weighted by molar-refractivity contribution is 0.415. The minimum absolute atomic E-state index is 0.832. The molecule has 2 aromatic carbocycles. The molecule has 0 bridgehead atoms. The second kappa shape index (κ2) is 6.45. The van der Waals surface area contributed by atoms with E-state index in [2.05, 4.69) is 23.2 Å². The Balaban J connectivity index is 1.68. The first-order valence-electron chi connectivity index (χ1n) is 8.58. The number of pyridine rings is 2. The Morgan fingerprint density at radius 2 is 1.59 bits per heavy atom. The molecule has 0 unspecified atom stereocenters. The summed E-state index contributed by atoms with van der Waals surface area (Å²) in [5.41, 5.74) is 4.78. The lowest BCUT2D eigenvalue weighted by atomic mass is 10.1. The van der Waals surface area contributed by atoms with Gasteiger partial charge < -0.3 is 4.74 Å². The molecule has 0 radical (unpaired) electrons. The van der Waals surface area contributed by atoms with Crippen LogP contribution >= 0.6 is 11.3 Å². The van der Waals surface area contributed by atoms with Crippen molar-refractivity contribution in [2.75, 3.05) is 7.11 Å². The number of fused-ring (bicyclic) bond motifs is 3. The molecule has 0 fully saturated rings. The first kappa shape index (κ1) is 15.9. The third-order valence-corrected chi connectivity index (χ3v) is 5.50. The van der Waals surface area contributed by atoms with Crippen LogP contribution in [0, 0.1) is 0 Å². The summed E-state index contributed by atoms with van der Waals surface area (Å²) in [5.74, 6) is 0.832. The van der Waals surface area contributed by atoms with Gasteiger partial charge in [0.05, 0.1) is 12.8 Å². The Labute approximate surface area is 160 Å². The van der Waals surface area contributed by atoms with E-state index in [-0.39, 0.29) is 0 Å². The van der Waals surface area contributed by atoms with Crippen molar-refractivity contribution in [2.24, 2.45) is 0 Å². The number of hydrogen-bond donors (Lipinski definition) is 0. The quantitative estimate of drug-likeness (QED) is 0.416. The molecule has 130 valence electrons. The summed E-state index contributed by atoms with van der Waals surface area (Å²) in [6, 6.07) is 22.2. The molecule has 4 nitrogen and oxygen atoms in total. The summed E-state index contributed by atoms with van der Waals surface area (Å²) in [4.78, 5) is 15.2. The van der Waals surface area contributed by atoms with Gasteiger partial charge in [-0.15, -0.1) is 0 Å². The Morgan fingerprint density at radius 1 is 0.778 bits per heavy atom. The largest absolute Gasteiger partial charge is 0.497 e. The van der Waals surface area contributed by atoms with Crippen molar-refractivity contribution >= 4 is 32.6 Å². The molecule has 5 aromatic rings. The van der Waals surface area contributed by atoms with Gasteiger partial charge in [0.15, 0.2) is 0 Å². The monoisotopic (exact) mass is 369 g/mol. The Kier molecular flexibility index (Phi) is 3.80. The van der Waals surface area contributed by atoms with Gasteiger partial charge in [0.1, 0.15) is 26.6 Å². The van der Waals surface area contributed by atoms with E-state index in [4.69, 9.17) is 14.7 Å². The molecule has 5 heteroatoms. The third kappa shape index (κ3) is 2.82. The highest BCUT2D eigenvalue weighted by Gasteiger charge is 2.12. The van der Waals surface area contributed by atoms with Crippen molar-refractivity contribution < 1.29 is 4.74 Å². The minimum atomic E-state index is 0.832. The van der Waals surface area contributed by atoms with Crippen LogP contribution in [-0.4, -0.2) is 22.1 Å². The highest BCUT2D eigenvalue weighted by molar-refractivity contribution is 7.21. The highest BCUT2D eigenvalue weighted by Crippen LogP contribution is 2.33. The number of rotatable bonds is 3. The smallest absolute Gasteiger partial charge is 0.146 e. The fourth-order valence-corrected chi connectivity index (χ4v) is 3.99. The van der Waals surface area contributed by atoms with E-state index in [9.17, 15) is 0 Å². The number of benzene rings is 2. The zero-order valence-corrected chi connectivity index (χ0v) is 15.4. The molecular weight excluding hydrogens is 354 g/mol. The van der Waals surface area contributed by atoms with E-state index in [1.54, 1.807) is 18.4 Å². The predicted octanol–water partition coefficient (Wildman–Crippen LogP) is 5.58. The number of hydrogen-bond acceptors (Lipinski definition) is 5. The zero-order valence-electron chi connectivity index (χ0n) is 14.6. The molecule has 0 aliphatic heterocycles. The third-order valence-electron chi connectivity index (χ3n) is 4.49. The van der Waals surface area contributed by atoms with Crippen molar-refractivity contribution in [3.05, 3.63) is 72.9 Å². The maximum absolute atomic E-state index is 5.24. The summed E-state index contributed by atoms with van der Waals surface area (Å²) in [6.07, 6.45) is 1.87. The first-order chi connectivity index (χ1) is 13.3. The Morgan fingerprint density at radius 3 is 2.37 bits per heavy atom. The maximum Gasteiger partial charge on any atom is 0.146 e. The van der Waals surface area contributed by atoms with Crippen LogP contribution in [-0.2, 0) is 0 Å². The minimum Gasteiger partial charge on any atom is -0.497 e. The van der Waals surface area contributed by atoms with Crippen molar-refractivity contribution in [2.45, 2.75) is 0 Å². The summed E-state index contributed by atoms with van der Waals surface area (Å²) >= 11 is 1.59. The molecular formula is C22H15N3OS. The van der Waals surface area contributed by atoms with Gasteiger partial charge in [-0.05, 0) is 36.4 Å². The van der Waals surface area contributed by atoms with Crippen LogP contribution < -0.4 is 4.74 Å². The van der Waals surface area contributed by atoms with Gasteiger partial charge in [0, 0.05) is 22.7 Å². The molecule has 3 heterocycles. The SMILES string of the molecule is COc1ccc(-c2ccc3cnc4sc(-c5ccccc5)nc4c3n2)cc1. The average Bonchev–Trinajstić information content (AvgIpc) is 3.19. The van der Waals surface area contributed by atoms with Crippen LogP contribution in [0.25, 0.3) is 43.1 Å². The molecule has 5 rings (SSSR count). The molecule has 0 saturated heterocycles. The maximum atomic E-state index is 5.24. The van der Waals surface area contributed by atoms with E-state index in [1.807, 2.05) is 54.7 Å². The van der Waals surface area contributed by atoms with E-state index in [0.29, 0.717) is 0 Å². The number of nitrogens with zero attached hydrogens (tertiary/aromatic N) is 3. The molecule has 0 spiro atoms. The van der Waals surface area contributed by atoms with Crippen LogP contribution in [0.1, 0.15) is 0 Å². The lowest BCUT2D eigenvalue weighted by Crippen LogP contribution is -1.88. The van der Waals surface area contributed by atoms with Gasteiger partial charge >= 0.3 is 0 Å². The second-order valence-corrected chi connectivity index (χ2v) is 7.14. The van der Waals surface area contributed by atoms with Crippen molar-refractivity contribution in [3.63, 3.8) is 0 Å². The predicted molar refractivity (Wildman–Crippen MR) is 110 cm³/mol. The number of methoxy groups -OCH3 is 1. The van der Waals surface area contributed by atoms with Crippen LogP contribution in [0.4, 0.5) is 0 Å². The van der Waals surface area contributed by atoms with Crippen molar-refractivity contribution in [1.82, 2.24) is 15.0 Å². The van der Waals surface area contributed by atoms with Crippen LogP contribution in [0.15, 0.2) is 72.9 Å². The zero-order chi connectivity index (χ0) is 18.2. The van der Waals surface area contributed by atoms with E-state index < -0.39 is 0 Å². The molecule has 0 N–H and O–H groups in total. The summed E-state index contributed by atoms with van der Waals surface area (Å²) in [5, 5.41) is 1.95. The molecule has 27 heavy (non-hydrogen) atoms. The van der Waals surface area contributed by atoms with E-state index in [0.717, 1.165) is 48.8 Å². The van der Waals surface area contributed by atoms with Gasteiger partial charge in [-0.2, -0.15) is 0 Å². The fourth-order valence-electron chi connectivity index (χ4n) is 3.07. The molecule has 3 aromatic heterocycles. The average molecular weight is 369 g/mol. The van der Waals surface area contributed by atoms with E-state index in [1.165, 1.54) is 0 Å². The molecule has 0 aliphatic rings. The number of aromatic nitrogens is 3. The lowest BCUT2D eigenvalue weighted by Gasteiger charge is -2.05. The van der Waals surface area contributed by atoms with Gasteiger partial charge in [-0.3, -0.25) is 0 Å². The highest BCUT2D eigenvalue weighted by atomic mass is 32.1. The fraction of sp³-hybridized carbons (Fsp3) is 0.0455.